The van der Waals surface area contributed by atoms with Gasteiger partial charge in [0.2, 0.25) is 6.10 Å². The van der Waals surface area contributed by atoms with E-state index in [9.17, 15) is 24.3 Å². The van der Waals surface area contributed by atoms with Crippen molar-refractivity contribution in [3.63, 3.8) is 0 Å². The third-order valence-corrected chi connectivity index (χ3v) is 8.62. The average Bonchev–Trinajstić information content (AvgIpc) is 3.47. The summed E-state index contributed by atoms with van der Waals surface area (Å²) in [6.45, 7) is 1.28. The number of nitrogen functional groups attached to an aromatic ring is 2. The van der Waals surface area contributed by atoms with Gasteiger partial charge in [-0.1, -0.05) is 28.1 Å². The van der Waals surface area contributed by atoms with Crippen molar-refractivity contribution in [3.05, 3.63) is 39.6 Å². The van der Waals surface area contributed by atoms with Gasteiger partial charge >= 0.3 is 11.6 Å². The first-order valence-electron chi connectivity index (χ1n) is 11.7. The molecule has 0 aromatic carbocycles. The Morgan fingerprint density at radius 2 is 2.20 bits per heavy atom. The molecule has 0 radical (unpaired) electrons. The summed E-state index contributed by atoms with van der Waals surface area (Å²) in [5.74, 6) is -4.02. The molecule has 19 heteroatoms. The normalized spacial score (nSPS) is 19.5. The number of anilines is 2. The van der Waals surface area contributed by atoms with E-state index in [2.05, 4.69) is 25.7 Å². The highest BCUT2D eigenvalue weighted by molar-refractivity contribution is 8.00. The van der Waals surface area contributed by atoms with Crippen LogP contribution < -0.4 is 26.5 Å². The van der Waals surface area contributed by atoms with Crippen molar-refractivity contribution >= 4 is 86.1 Å². The van der Waals surface area contributed by atoms with Gasteiger partial charge in [-0.05, 0) is 19.1 Å². The summed E-state index contributed by atoms with van der Waals surface area (Å²) < 4.78 is 1.67. The zero-order chi connectivity index (χ0) is 29.6. The number of carbonyl (C=O) groups is 4. The van der Waals surface area contributed by atoms with Crippen molar-refractivity contribution in [2.24, 2.45) is 5.16 Å². The number of aromatic amines is 1. The van der Waals surface area contributed by atoms with Gasteiger partial charge in [0.15, 0.2) is 16.7 Å². The topological polar surface area (TPSA) is 246 Å². The lowest BCUT2D eigenvalue weighted by molar-refractivity contribution is -0.665. The molecular formula is C22H20ClN9O7S2. The summed E-state index contributed by atoms with van der Waals surface area (Å²) in [4.78, 5) is 59.6. The number of carboxylic acids is 2. The fourth-order valence-electron chi connectivity index (χ4n) is 4.22. The van der Waals surface area contributed by atoms with Crippen molar-refractivity contribution in [1.29, 1.82) is 0 Å². The summed E-state index contributed by atoms with van der Waals surface area (Å²) in [5, 5.41) is 34.1. The highest BCUT2D eigenvalue weighted by atomic mass is 35.5. The van der Waals surface area contributed by atoms with E-state index in [0.717, 1.165) is 16.2 Å². The zero-order valence-corrected chi connectivity index (χ0v) is 23.2. The van der Waals surface area contributed by atoms with Crippen LogP contribution >= 0.6 is 34.7 Å². The number of carboxylic acid groups (broad SMARTS) is 2. The number of carbonyl (C=O) groups excluding carboxylic acids is 3. The molecule has 0 bridgehead atoms. The van der Waals surface area contributed by atoms with E-state index in [0.29, 0.717) is 22.4 Å². The monoisotopic (exact) mass is 621 g/mol. The summed E-state index contributed by atoms with van der Waals surface area (Å²) in [5.41, 5.74) is 11.5. The fraction of sp³-hybridized carbons (Fsp3) is 0.273. The quantitative estimate of drug-likeness (QED) is 0.0786. The van der Waals surface area contributed by atoms with Gasteiger partial charge in [0.25, 0.3) is 11.8 Å². The molecule has 214 valence electrons. The number of hydrogen-bond donors (Lipinski definition) is 5. The molecule has 3 aromatic rings. The Hall–Kier alpha value is -4.42. The minimum atomic E-state index is -1.55. The molecule has 2 unspecified atom stereocenters. The van der Waals surface area contributed by atoms with Gasteiger partial charge in [-0.2, -0.15) is 5.10 Å². The van der Waals surface area contributed by atoms with Gasteiger partial charge in [-0.15, -0.1) is 11.8 Å². The second kappa shape index (κ2) is 10.9. The molecule has 5 heterocycles. The summed E-state index contributed by atoms with van der Waals surface area (Å²) in [6.07, 6.45) is 0.281. The molecule has 7 N–H and O–H groups in total. The van der Waals surface area contributed by atoms with Crippen LogP contribution in [-0.4, -0.2) is 77.9 Å². The van der Waals surface area contributed by atoms with Gasteiger partial charge in [0.05, 0.1) is 23.0 Å². The van der Waals surface area contributed by atoms with E-state index in [1.807, 2.05) is 0 Å². The minimum absolute atomic E-state index is 0.00729. The molecule has 2 aliphatic heterocycles. The van der Waals surface area contributed by atoms with E-state index in [1.54, 1.807) is 22.9 Å². The Kier molecular flexibility index (Phi) is 7.45. The third-order valence-electron chi connectivity index (χ3n) is 6.19. The van der Waals surface area contributed by atoms with Crippen LogP contribution in [0.15, 0.2) is 34.8 Å². The Balaban J connectivity index is 1.39. The Morgan fingerprint density at radius 1 is 1.44 bits per heavy atom. The van der Waals surface area contributed by atoms with E-state index in [1.165, 1.54) is 18.7 Å². The number of pyridine rings is 1. The number of H-pyrrole nitrogens is 1. The fourth-order valence-corrected chi connectivity index (χ4v) is 6.48. The van der Waals surface area contributed by atoms with Gasteiger partial charge in [0.1, 0.15) is 33.4 Å². The van der Waals surface area contributed by atoms with Crippen LogP contribution in [0.1, 0.15) is 12.6 Å². The molecule has 16 nitrogen and oxygen atoms in total. The number of aliphatic carboxylic acids is 2. The van der Waals surface area contributed by atoms with E-state index in [4.69, 9.17) is 33.0 Å². The van der Waals surface area contributed by atoms with Crippen molar-refractivity contribution in [2.45, 2.75) is 31.0 Å². The number of nitrogens with two attached hydrogens (primary N) is 2. The number of amides is 2. The number of fused-ring (bicyclic) bond motifs is 2. The van der Waals surface area contributed by atoms with Crippen LogP contribution in [0.2, 0.25) is 4.34 Å². The molecule has 5 rings (SSSR count). The molecule has 3 atom stereocenters. The van der Waals surface area contributed by atoms with E-state index >= 15 is 0 Å². The highest BCUT2D eigenvalue weighted by Crippen LogP contribution is 2.40. The molecule has 0 spiro atoms. The minimum Gasteiger partial charge on any atom is -0.543 e. The maximum atomic E-state index is 13.2. The first kappa shape index (κ1) is 28.1. The number of thioether (sulfide) groups is 1. The van der Waals surface area contributed by atoms with Gasteiger partial charge in [-0.3, -0.25) is 14.5 Å². The van der Waals surface area contributed by atoms with Gasteiger partial charge in [0, 0.05) is 11.3 Å². The van der Waals surface area contributed by atoms with Crippen LogP contribution in [0.25, 0.3) is 11.0 Å². The number of oxime groups is 1. The zero-order valence-electron chi connectivity index (χ0n) is 20.9. The lowest BCUT2D eigenvalue weighted by Crippen LogP contribution is -2.71. The Morgan fingerprint density at radius 3 is 2.85 bits per heavy atom. The molecule has 0 saturated carbocycles. The van der Waals surface area contributed by atoms with E-state index in [-0.39, 0.29) is 33.2 Å². The first-order chi connectivity index (χ1) is 19.5. The predicted octanol–water partition coefficient (Wildman–Crippen LogP) is -1.58. The molecule has 2 aliphatic rings. The number of β-lactam (4-membered cyclic amide) rings is 1. The summed E-state index contributed by atoms with van der Waals surface area (Å²) in [7, 11) is 0. The average molecular weight is 622 g/mol. The molecule has 1 saturated heterocycles. The molecule has 2 amide bonds. The lowest BCUT2D eigenvalue weighted by Gasteiger charge is -2.50. The predicted molar refractivity (Wildman–Crippen MR) is 144 cm³/mol. The Bertz CT molecular complexity index is 1670. The molecule has 0 aliphatic carbocycles. The van der Waals surface area contributed by atoms with Crippen molar-refractivity contribution in [3.8, 4) is 0 Å². The number of nitrogens with zero attached hydrogens (tertiary/aromatic N) is 5. The second-order valence-corrected chi connectivity index (χ2v) is 11.5. The summed E-state index contributed by atoms with van der Waals surface area (Å²) >= 11 is 8.21. The first-order valence-corrected chi connectivity index (χ1v) is 13.9. The molecule has 41 heavy (non-hydrogen) atoms. The second-order valence-electron chi connectivity index (χ2n) is 8.81. The van der Waals surface area contributed by atoms with Crippen LogP contribution in [0.3, 0.4) is 0 Å². The van der Waals surface area contributed by atoms with Crippen LogP contribution in [0.5, 0.6) is 0 Å². The lowest BCUT2D eigenvalue weighted by atomic mass is 10.0. The highest BCUT2D eigenvalue weighted by Gasteiger charge is 2.53. The summed E-state index contributed by atoms with van der Waals surface area (Å²) in [6, 6.07) is 2.34. The number of halogens is 1. The maximum absolute atomic E-state index is 13.2. The van der Waals surface area contributed by atoms with Gasteiger partial charge in [-0.25, -0.2) is 14.3 Å². The molecular weight excluding hydrogens is 602 g/mol. The SMILES string of the molecule is C[C@H](O/N=C(\C(=O)NC1C(=O)N2C(C(=O)[O-])=C(C[n+]3cccc4c(N)[nH]nc43)CSC12)c1nc(N)sc1Cl)C(=O)O. The number of hydrogen-bond acceptors (Lipinski definition) is 13. The number of rotatable bonds is 9. The van der Waals surface area contributed by atoms with E-state index < -0.39 is 47.0 Å². The smallest absolute Gasteiger partial charge is 0.359 e. The van der Waals surface area contributed by atoms with Crippen molar-refractivity contribution in [2.75, 3.05) is 17.2 Å². The molecule has 3 aromatic heterocycles. The van der Waals surface area contributed by atoms with Crippen LogP contribution in [0.4, 0.5) is 10.9 Å². The van der Waals surface area contributed by atoms with Crippen molar-refractivity contribution < 1.29 is 38.8 Å². The van der Waals surface area contributed by atoms with Crippen molar-refractivity contribution in [1.82, 2.24) is 25.4 Å². The van der Waals surface area contributed by atoms with Crippen LogP contribution in [0, 0.1) is 0 Å². The largest absolute Gasteiger partial charge is 0.543 e. The number of aromatic nitrogens is 4. The van der Waals surface area contributed by atoms with Crippen LogP contribution in [-0.2, 0) is 30.6 Å². The standard InChI is InChI=1S/C22H20ClN9O7S2/c1-7(20(35)36)39-30-11(10-14(23)41-22(25)27-10)17(33)26-12-18(34)32-13(21(37)38)8(6-40-19(12)32)5-31-4-2-3-9-15(24)28-29-16(9)31/h2-4,7,12,19H,5-6H2,1H3,(H7,24,25,26,27,28,33,35,36,37,38)/b30-11-/t7-,12?,19?/m0/s1. The maximum Gasteiger partial charge on any atom is 0.359 e. The van der Waals surface area contributed by atoms with Gasteiger partial charge < -0.3 is 36.6 Å². The Labute approximate surface area is 243 Å². The molecule has 1 fully saturated rings. The number of thiazole rings is 1. The number of nitrogens with one attached hydrogen (secondary N) is 2. The third kappa shape index (κ3) is 5.11.